The van der Waals surface area contributed by atoms with Crippen molar-refractivity contribution in [1.29, 1.82) is 0 Å². The van der Waals surface area contributed by atoms with Crippen molar-refractivity contribution >= 4 is 34.6 Å². The van der Waals surface area contributed by atoms with Crippen LogP contribution in [0.3, 0.4) is 0 Å². The number of aliphatic carboxylic acids is 1. The van der Waals surface area contributed by atoms with Crippen LogP contribution in [0.1, 0.15) is 33.9 Å². The average molecular weight is 528 g/mol. The number of thiophene rings is 2. The van der Waals surface area contributed by atoms with Crippen molar-refractivity contribution in [3.05, 3.63) is 45.2 Å². The number of likely N-dealkylation sites (N-methyl/N-ethyl adjacent to an activating group) is 1. The summed E-state index contributed by atoms with van der Waals surface area (Å²) in [4.78, 5) is 28.3. The number of aryl methyl sites for hydroxylation is 1. The van der Waals surface area contributed by atoms with E-state index in [0.29, 0.717) is 0 Å². The number of nitrogens with zero attached hydrogens (tertiary/aromatic N) is 5. The first-order valence-corrected chi connectivity index (χ1v) is 12.6. The third-order valence-corrected chi connectivity index (χ3v) is 8.07. The molecule has 1 spiro atoms. The van der Waals surface area contributed by atoms with Gasteiger partial charge in [-0.05, 0) is 55.3 Å². The van der Waals surface area contributed by atoms with E-state index in [2.05, 4.69) is 44.2 Å². The average Bonchev–Trinajstić information content (AvgIpc) is 3.54. The van der Waals surface area contributed by atoms with Crippen molar-refractivity contribution in [3.8, 4) is 10.7 Å². The van der Waals surface area contributed by atoms with Crippen LogP contribution in [0.5, 0.6) is 0 Å². The summed E-state index contributed by atoms with van der Waals surface area (Å²) in [5.74, 6) is -0.570. The van der Waals surface area contributed by atoms with Gasteiger partial charge in [0, 0.05) is 19.6 Å². The standard InChI is InChI=1S/C20H23N5OS2.C2HF3O2/c1-14-5-11-28-17(14)19(26)24-8-6-20(7-9-24)13-23(2)12-16-21-22-18(25(16)20)15-4-3-10-27-15;3-2(4,5)1(6)7/h3-5,10-11H,6-9,12-13H2,1-2H3;(H,6,7). The Hall–Kier alpha value is -2.77. The Morgan fingerprint density at radius 1 is 1.11 bits per heavy atom. The summed E-state index contributed by atoms with van der Waals surface area (Å²) in [5, 5.41) is 20.3. The third kappa shape index (κ3) is 5.11. The molecule has 0 unspecified atom stereocenters. The van der Waals surface area contributed by atoms with E-state index in [1.807, 2.05) is 23.3 Å². The van der Waals surface area contributed by atoms with E-state index in [4.69, 9.17) is 9.90 Å². The fourth-order valence-electron chi connectivity index (χ4n) is 4.60. The summed E-state index contributed by atoms with van der Waals surface area (Å²) < 4.78 is 34.1. The lowest BCUT2D eigenvalue weighted by atomic mass is 9.84. The Bertz CT molecular complexity index is 1200. The Balaban J connectivity index is 0.000000364. The molecular weight excluding hydrogens is 503 g/mol. The minimum atomic E-state index is -5.08. The van der Waals surface area contributed by atoms with Crippen LogP contribution in [0.2, 0.25) is 0 Å². The van der Waals surface area contributed by atoms with Gasteiger partial charge in [-0.2, -0.15) is 13.2 Å². The number of carboxylic acid groups (broad SMARTS) is 1. The zero-order valence-electron chi connectivity index (χ0n) is 19.1. The van der Waals surface area contributed by atoms with Gasteiger partial charge in [0.25, 0.3) is 5.91 Å². The highest BCUT2D eigenvalue weighted by Crippen LogP contribution is 2.40. The van der Waals surface area contributed by atoms with E-state index in [1.165, 1.54) is 0 Å². The number of alkyl halides is 3. The molecule has 3 aromatic heterocycles. The highest BCUT2D eigenvalue weighted by Gasteiger charge is 2.44. The molecule has 1 amide bonds. The van der Waals surface area contributed by atoms with Gasteiger partial charge in [0.2, 0.25) is 0 Å². The fourth-order valence-corrected chi connectivity index (χ4v) is 6.19. The highest BCUT2D eigenvalue weighted by atomic mass is 32.1. The quantitative estimate of drug-likeness (QED) is 0.540. The van der Waals surface area contributed by atoms with Crippen LogP contribution in [0, 0.1) is 6.92 Å². The van der Waals surface area contributed by atoms with E-state index in [0.717, 1.165) is 66.0 Å². The molecule has 8 nitrogen and oxygen atoms in total. The van der Waals surface area contributed by atoms with Crippen LogP contribution in [-0.4, -0.2) is 74.4 Å². The minimum Gasteiger partial charge on any atom is -0.475 e. The normalized spacial score (nSPS) is 17.6. The number of aromatic nitrogens is 3. The molecule has 2 aliphatic rings. The number of carbonyl (C=O) groups is 2. The molecule has 1 saturated heterocycles. The van der Waals surface area contributed by atoms with Gasteiger partial charge in [-0.25, -0.2) is 4.79 Å². The number of carbonyl (C=O) groups excluding carboxylic acids is 1. The zero-order valence-corrected chi connectivity index (χ0v) is 20.7. The first-order chi connectivity index (χ1) is 16.5. The molecule has 0 bridgehead atoms. The Kier molecular flexibility index (Phi) is 7.02. The van der Waals surface area contributed by atoms with Crippen molar-refractivity contribution < 1.29 is 27.9 Å². The molecule has 13 heteroatoms. The minimum absolute atomic E-state index is 0.0492. The summed E-state index contributed by atoms with van der Waals surface area (Å²) in [6, 6.07) is 6.20. The van der Waals surface area contributed by atoms with Gasteiger partial charge in [0.05, 0.1) is 21.8 Å². The first-order valence-electron chi connectivity index (χ1n) is 10.8. The van der Waals surface area contributed by atoms with Gasteiger partial charge >= 0.3 is 12.1 Å². The third-order valence-electron chi connectivity index (χ3n) is 6.20. The monoisotopic (exact) mass is 527 g/mol. The molecular formula is C22H24F3N5O3S2. The second-order valence-electron chi connectivity index (χ2n) is 8.68. The van der Waals surface area contributed by atoms with Crippen LogP contribution in [0.4, 0.5) is 13.2 Å². The van der Waals surface area contributed by atoms with Crippen LogP contribution >= 0.6 is 22.7 Å². The van der Waals surface area contributed by atoms with Gasteiger partial charge in [-0.15, -0.1) is 32.9 Å². The molecule has 188 valence electrons. The molecule has 0 radical (unpaired) electrons. The number of hydrogen-bond donors (Lipinski definition) is 1. The molecule has 0 aromatic carbocycles. The second-order valence-corrected chi connectivity index (χ2v) is 10.5. The maximum absolute atomic E-state index is 13.0. The number of hydrogen-bond acceptors (Lipinski definition) is 7. The largest absolute Gasteiger partial charge is 0.490 e. The van der Waals surface area contributed by atoms with E-state index in [-0.39, 0.29) is 11.4 Å². The van der Waals surface area contributed by atoms with Gasteiger partial charge in [0.1, 0.15) is 5.82 Å². The van der Waals surface area contributed by atoms with E-state index in [9.17, 15) is 18.0 Å². The predicted molar refractivity (Wildman–Crippen MR) is 126 cm³/mol. The summed E-state index contributed by atoms with van der Waals surface area (Å²) >= 11 is 3.25. The molecule has 0 saturated carbocycles. The smallest absolute Gasteiger partial charge is 0.475 e. The molecule has 3 aromatic rings. The van der Waals surface area contributed by atoms with Crippen molar-refractivity contribution in [2.24, 2.45) is 0 Å². The lowest BCUT2D eigenvalue weighted by Crippen LogP contribution is -2.56. The highest BCUT2D eigenvalue weighted by molar-refractivity contribution is 7.13. The summed E-state index contributed by atoms with van der Waals surface area (Å²) in [6.45, 7) is 5.34. The topological polar surface area (TPSA) is 91.6 Å². The maximum atomic E-state index is 13.0. The lowest BCUT2D eigenvalue weighted by Gasteiger charge is -2.48. The molecule has 1 N–H and O–H groups in total. The van der Waals surface area contributed by atoms with Crippen molar-refractivity contribution in [2.75, 3.05) is 26.7 Å². The number of fused-ring (bicyclic) bond motifs is 2. The summed E-state index contributed by atoms with van der Waals surface area (Å²) in [7, 11) is 2.15. The Labute approximate surface area is 207 Å². The van der Waals surface area contributed by atoms with Gasteiger partial charge in [-0.1, -0.05) is 6.07 Å². The van der Waals surface area contributed by atoms with Crippen LogP contribution in [0.15, 0.2) is 29.0 Å². The SMILES string of the molecule is Cc1ccsc1C(=O)N1CCC2(CC1)CN(C)Cc1nnc(-c3cccs3)n12.O=C(O)C(F)(F)F. The molecule has 35 heavy (non-hydrogen) atoms. The summed E-state index contributed by atoms with van der Waals surface area (Å²) in [6.07, 6.45) is -3.23. The van der Waals surface area contributed by atoms with Gasteiger partial charge in [0.15, 0.2) is 5.82 Å². The maximum Gasteiger partial charge on any atom is 0.490 e. The van der Waals surface area contributed by atoms with Gasteiger partial charge in [-0.3, -0.25) is 9.69 Å². The van der Waals surface area contributed by atoms with Crippen molar-refractivity contribution in [1.82, 2.24) is 24.6 Å². The zero-order chi connectivity index (χ0) is 25.4. The van der Waals surface area contributed by atoms with Crippen molar-refractivity contribution in [3.63, 3.8) is 0 Å². The van der Waals surface area contributed by atoms with Crippen LogP contribution in [0.25, 0.3) is 10.7 Å². The van der Waals surface area contributed by atoms with E-state index < -0.39 is 12.1 Å². The van der Waals surface area contributed by atoms with Crippen LogP contribution in [-0.2, 0) is 16.9 Å². The molecule has 1 fully saturated rings. The second kappa shape index (κ2) is 9.70. The number of rotatable bonds is 2. The molecule has 0 aliphatic carbocycles. The fraction of sp³-hybridized carbons (Fsp3) is 0.455. The lowest BCUT2D eigenvalue weighted by molar-refractivity contribution is -0.192. The Morgan fingerprint density at radius 2 is 1.80 bits per heavy atom. The molecule has 5 rings (SSSR count). The first kappa shape index (κ1) is 25.3. The van der Waals surface area contributed by atoms with Gasteiger partial charge < -0.3 is 14.6 Å². The number of amides is 1. The summed E-state index contributed by atoms with van der Waals surface area (Å²) in [5.41, 5.74) is 1.03. The molecule has 0 atom stereocenters. The number of carboxylic acids is 1. The number of halogens is 3. The van der Waals surface area contributed by atoms with E-state index >= 15 is 0 Å². The van der Waals surface area contributed by atoms with E-state index in [1.54, 1.807) is 22.7 Å². The number of likely N-dealkylation sites (tertiary alicyclic amines) is 1. The predicted octanol–water partition coefficient (Wildman–Crippen LogP) is 4.09. The number of piperidine rings is 1. The molecule has 2 aliphatic heterocycles. The molecule has 5 heterocycles. The van der Waals surface area contributed by atoms with Crippen LogP contribution < -0.4 is 0 Å². The Morgan fingerprint density at radius 3 is 2.34 bits per heavy atom. The van der Waals surface area contributed by atoms with Crippen molar-refractivity contribution in [2.45, 2.75) is 38.0 Å².